The molecular formula is C12H15F3N2O2S. The van der Waals surface area contributed by atoms with Crippen molar-refractivity contribution >= 4 is 15.7 Å². The molecule has 1 aliphatic rings. The Morgan fingerprint density at radius 2 is 1.95 bits per heavy atom. The molecule has 2 N–H and O–H groups in total. The molecule has 0 amide bonds. The van der Waals surface area contributed by atoms with Crippen LogP contribution < -0.4 is 5.73 Å². The molecule has 8 heteroatoms. The number of sulfonamides is 1. The first-order chi connectivity index (χ1) is 9.11. The molecule has 1 aromatic carbocycles. The maximum Gasteiger partial charge on any atom is 0.402 e. The number of anilines is 1. The van der Waals surface area contributed by atoms with Gasteiger partial charge in [0, 0.05) is 11.7 Å². The van der Waals surface area contributed by atoms with Gasteiger partial charge in [-0.15, -0.1) is 0 Å². The van der Waals surface area contributed by atoms with Gasteiger partial charge in [-0.2, -0.15) is 17.5 Å². The van der Waals surface area contributed by atoms with Crippen LogP contribution in [-0.4, -0.2) is 31.5 Å². The van der Waals surface area contributed by atoms with E-state index in [1.165, 1.54) is 18.2 Å². The highest BCUT2D eigenvalue weighted by Crippen LogP contribution is 2.35. The molecule has 112 valence electrons. The van der Waals surface area contributed by atoms with E-state index in [9.17, 15) is 21.6 Å². The van der Waals surface area contributed by atoms with E-state index in [1.807, 2.05) is 0 Å². The van der Waals surface area contributed by atoms with Crippen LogP contribution in [0.2, 0.25) is 0 Å². The minimum Gasteiger partial charge on any atom is -0.399 e. The third kappa shape index (κ3) is 3.24. The fourth-order valence-corrected chi connectivity index (χ4v) is 3.65. The van der Waals surface area contributed by atoms with Crippen LogP contribution in [0.3, 0.4) is 0 Å². The number of halogens is 3. The lowest BCUT2D eigenvalue weighted by atomic mass is 10.2. The molecule has 0 atom stereocenters. The normalized spacial score (nSPS) is 16.6. The summed E-state index contributed by atoms with van der Waals surface area (Å²) in [6.45, 7) is 0.156. The molecule has 1 aromatic rings. The van der Waals surface area contributed by atoms with Crippen LogP contribution in [0.5, 0.6) is 0 Å². The van der Waals surface area contributed by atoms with Crippen molar-refractivity contribution in [3.8, 4) is 0 Å². The average Bonchev–Trinajstić information content (AvgIpc) is 3.12. The highest BCUT2D eigenvalue weighted by molar-refractivity contribution is 7.89. The summed E-state index contributed by atoms with van der Waals surface area (Å²) in [7, 11) is -4.15. The lowest BCUT2D eigenvalue weighted by Crippen LogP contribution is -2.40. The topological polar surface area (TPSA) is 63.4 Å². The Kier molecular flexibility index (Phi) is 3.72. The van der Waals surface area contributed by atoms with E-state index < -0.39 is 28.8 Å². The summed E-state index contributed by atoms with van der Waals surface area (Å²) in [5.41, 5.74) is 6.52. The molecule has 0 aromatic heterocycles. The van der Waals surface area contributed by atoms with Crippen LogP contribution >= 0.6 is 0 Å². The molecule has 0 saturated heterocycles. The predicted molar refractivity (Wildman–Crippen MR) is 68.6 cm³/mol. The number of benzene rings is 1. The van der Waals surface area contributed by atoms with Gasteiger partial charge in [0.25, 0.3) is 0 Å². The monoisotopic (exact) mass is 308 g/mol. The minimum absolute atomic E-state index is 0.152. The molecule has 0 radical (unpaired) electrons. The van der Waals surface area contributed by atoms with Crippen molar-refractivity contribution in [2.75, 3.05) is 12.3 Å². The minimum atomic E-state index is -4.56. The molecule has 0 heterocycles. The van der Waals surface area contributed by atoms with Crippen molar-refractivity contribution in [3.05, 3.63) is 23.8 Å². The molecule has 0 unspecified atom stereocenters. The molecule has 20 heavy (non-hydrogen) atoms. The van der Waals surface area contributed by atoms with Crippen LogP contribution in [0.25, 0.3) is 0 Å². The molecule has 0 bridgehead atoms. The number of nitrogens with two attached hydrogens (primary N) is 1. The summed E-state index contributed by atoms with van der Waals surface area (Å²) in [6, 6.07) is 3.38. The number of hydrogen-bond acceptors (Lipinski definition) is 3. The fraction of sp³-hybridized carbons (Fsp3) is 0.500. The third-order valence-corrected chi connectivity index (χ3v) is 5.03. The molecule has 1 fully saturated rings. The Hall–Kier alpha value is -1.28. The Labute approximate surface area is 115 Å². The SMILES string of the molecule is Cc1cc(S(=O)(=O)N(CC(F)(F)F)C2CC2)ccc1N. The van der Waals surface area contributed by atoms with Crippen molar-refractivity contribution in [3.63, 3.8) is 0 Å². The van der Waals surface area contributed by atoms with Gasteiger partial charge in [0.2, 0.25) is 10.0 Å². The van der Waals surface area contributed by atoms with E-state index in [-0.39, 0.29) is 4.90 Å². The van der Waals surface area contributed by atoms with Gasteiger partial charge >= 0.3 is 6.18 Å². The first-order valence-electron chi connectivity index (χ1n) is 6.06. The highest BCUT2D eigenvalue weighted by atomic mass is 32.2. The van der Waals surface area contributed by atoms with Gasteiger partial charge in [0.05, 0.1) is 4.90 Å². The standard InChI is InChI=1S/C12H15F3N2O2S/c1-8-6-10(4-5-11(8)16)20(18,19)17(9-2-3-9)7-12(13,14)15/h4-6,9H,2-3,7,16H2,1H3. The van der Waals surface area contributed by atoms with E-state index in [2.05, 4.69) is 0 Å². The molecule has 0 spiro atoms. The van der Waals surface area contributed by atoms with Gasteiger partial charge < -0.3 is 5.73 Å². The zero-order chi connectivity index (χ0) is 15.1. The van der Waals surface area contributed by atoms with Crippen LogP contribution in [-0.2, 0) is 10.0 Å². The summed E-state index contributed by atoms with van der Waals surface area (Å²) in [4.78, 5) is -0.152. The second kappa shape index (κ2) is 4.92. The number of nitrogens with zero attached hydrogens (tertiary/aromatic N) is 1. The maximum atomic E-state index is 12.6. The summed E-state index contributed by atoms with van der Waals surface area (Å²) in [6.07, 6.45) is -3.63. The Bertz CT molecular complexity index is 610. The van der Waals surface area contributed by atoms with Crippen LogP contribution in [0.15, 0.2) is 23.1 Å². The highest BCUT2D eigenvalue weighted by Gasteiger charge is 2.44. The van der Waals surface area contributed by atoms with E-state index in [4.69, 9.17) is 5.73 Å². The molecular weight excluding hydrogens is 293 g/mol. The van der Waals surface area contributed by atoms with Gasteiger partial charge in [-0.1, -0.05) is 0 Å². The zero-order valence-corrected chi connectivity index (χ0v) is 11.6. The second-order valence-corrected chi connectivity index (χ2v) is 6.81. The molecule has 1 saturated carbocycles. The van der Waals surface area contributed by atoms with Crippen LogP contribution in [0, 0.1) is 6.92 Å². The molecule has 2 rings (SSSR count). The largest absolute Gasteiger partial charge is 0.402 e. The van der Waals surface area contributed by atoms with Gasteiger partial charge in [0.1, 0.15) is 6.54 Å². The van der Waals surface area contributed by atoms with Gasteiger partial charge in [-0.05, 0) is 43.5 Å². The first kappa shape index (κ1) is 15.1. The second-order valence-electron chi connectivity index (χ2n) is 4.92. The maximum absolute atomic E-state index is 12.6. The number of rotatable bonds is 4. The fourth-order valence-electron chi connectivity index (χ4n) is 1.89. The van der Waals surface area contributed by atoms with Crippen LogP contribution in [0.1, 0.15) is 18.4 Å². The van der Waals surface area contributed by atoms with E-state index >= 15 is 0 Å². The van der Waals surface area contributed by atoms with Crippen molar-refractivity contribution in [1.29, 1.82) is 0 Å². The number of alkyl halides is 3. The summed E-state index contributed by atoms with van der Waals surface area (Å²) in [5, 5.41) is 0. The van der Waals surface area contributed by atoms with Gasteiger partial charge in [-0.25, -0.2) is 8.42 Å². The van der Waals surface area contributed by atoms with Gasteiger partial charge in [-0.3, -0.25) is 0 Å². The van der Waals surface area contributed by atoms with Crippen LogP contribution in [0.4, 0.5) is 18.9 Å². The summed E-state index contributed by atoms with van der Waals surface area (Å²) < 4.78 is 62.9. The molecule has 0 aliphatic heterocycles. The van der Waals surface area contributed by atoms with E-state index in [0.29, 0.717) is 28.4 Å². The smallest absolute Gasteiger partial charge is 0.399 e. The first-order valence-corrected chi connectivity index (χ1v) is 7.50. The third-order valence-electron chi connectivity index (χ3n) is 3.14. The summed E-state index contributed by atoms with van der Waals surface area (Å²) in [5.74, 6) is 0. The lowest BCUT2D eigenvalue weighted by Gasteiger charge is -2.23. The van der Waals surface area contributed by atoms with Crippen molar-refractivity contribution in [2.45, 2.75) is 36.9 Å². The molecule has 4 nitrogen and oxygen atoms in total. The zero-order valence-electron chi connectivity index (χ0n) is 10.8. The van der Waals surface area contributed by atoms with Crippen molar-refractivity contribution in [2.24, 2.45) is 0 Å². The Morgan fingerprint density at radius 1 is 1.35 bits per heavy atom. The number of aryl methyl sites for hydroxylation is 1. The number of hydrogen-bond donors (Lipinski definition) is 1. The van der Waals surface area contributed by atoms with E-state index in [1.54, 1.807) is 6.92 Å². The lowest BCUT2D eigenvalue weighted by molar-refractivity contribution is -0.137. The molecule has 1 aliphatic carbocycles. The number of nitrogen functional groups attached to an aromatic ring is 1. The van der Waals surface area contributed by atoms with Crippen molar-refractivity contribution < 1.29 is 21.6 Å². The Morgan fingerprint density at radius 3 is 2.40 bits per heavy atom. The van der Waals surface area contributed by atoms with E-state index in [0.717, 1.165) is 0 Å². The Balaban J connectivity index is 2.37. The summed E-state index contributed by atoms with van der Waals surface area (Å²) >= 11 is 0. The van der Waals surface area contributed by atoms with Gasteiger partial charge in [0.15, 0.2) is 0 Å². The predicted octanol–water partition coefficient (Wildman–Crippen LogP) is 2.29. The quantitative estimate of drug-likeness (QED) is 0.868. The average molecular weight is 308 g/mol. The van der Waals surface area contributed by atoms with Crippen molar-refractivity contribution in [1.82, 2.24) is 4.31 Å².